The highest BCUT2D eigenvalue weighted by Gasteiger charge is 2.07. The molecule has 0 saturated heterocycles. The zero-order chi connectivity index (χ0) is 9.56. The van der Waals surface area contributed by atoms with Crippen LogP contribution in [0.4, 0.5) is 0 Å². The van der Waals surface area contributed by atoms with E-state index in [-0.39, 0.29) is 5.97 Å². The molecule has 0 spiro atoms. The first-order chi connectivity index (χ1) is 5.61. The molecule has 2 nitrogen and oxygen atoms in total. The molecule has 2 heteroatoms. The number of ether oxygens (including phenoxy) is 1. The first-order valence-corrected chi connectivity index (χ1v) is 4.49. The first kappa shape index (κ1) is 11.2. The van der Waals surface area contributed by atoms with Gasteiger partial charge in [0.05, 0.1) is 6.61 Å². The largest absolute Gasteiger partial charge is 0.463 e. The van der Waals surface area contributed by atoms with Crippen LogP contribution in [-0.2, 0) is 9.53 Å². The quantitative estimate of drug-likeness (QED) is 0.478. The van der Waals surface area contributed by atoms with Gasteiger partial charge in [-0.2, -0.15) is 0 Å². The summed E-state index contributed by atoms with van der Waals surface area (Å²) in [4.78, 5) is 11.2. The molecule has 0 aromatic carbocycles. The minimum Gasteiger partial charge on any atom is -0.463 e. The van der Waals surface area contributed by atoms with E-state index in [9.17, 15) is 4.79 Å². The standard InChI is InChI=1S/C10H18O2/c1-5-9(7-8(3)4)10(11)12-6-2/h7-8H,5-6H2,1-4H3. The molecule has 0 aliphatic carbocycles. The molecule has 70 valence electrons. The Labute approximate surface area is 74.6 Å². The van der Waals surface area contributed by atoms with Crippen LogP contribution in [0.25, 0.3) is 0 Å². The smallest absolute Gasteiger partial charge is 0.333 e. The van der Waals surface area contributed by atoms with Crippen molar-refractivity contribution in [2.75, 3.05) is 6.61 Å². The van der Waals surface area contributed by atoms with Crippen molar-refractivity contribution in [2.24, 2.45) is 5.92 Å². The van der Waals surface area contributed by atoms with Crippen LogP contribution in [0.3, 0.4) is 0 Å². The van der Waals surface area contributed by atoms with Crippen LogP contribution in [0, 0.1) is 5.92 Å². The molecule has 0 unspecified atom stereocenters. The van der Waals surface area contributed by atoms with Crippen molar-refractivity contribution in [1.29, 1.82) is 0 Å². The fraction of sp³-hybridized carbons (Fsp3) is 0.700. The summed E-state index contributed by atoms with van der Waals surface area (Å²) in [6.45, 7) is 8.34. The average molecular weight is 170 g/mol. The number of hydrogen-bond donors (Lipinski definition) is 0. The SMILES string of the molecule is CCOC(=O)C(=CC(C)C)CC. The van der Waals surface area contributed by atoms with Gasteiger partial charge in [-0.25, -0.2) is 4.79 Å². The Hall–Kier alpha value is -0.790. The van der Waals surface area contributed by atoms with Crippen molar-refractivity contribution in [3.63, 3.8) is 0 Å². The summed E-state index contributed by atoms with van der Waals surface area (Å²) in [5.41, 5.74) is 0.784. The Morgan fingerprint density at radius 2 is 2.00 bits per heavy atom. The molecule has 0 N–H and O–H groups in total. The second-order valence-corrected chi connectivity index (χ2v) is 3.01. The lowest BCUT2D eigenvalue weighted by atomic mass is 10.1. The van der Waals surface area contributed by atoms with Crippen molar-refractivity contribution < 1.29 is 9.53 Å². The number of esters is 1. The van der Waals surface area contributed by atoms with Crippen molar-refractivity contribution in [3.05, 3.63) is 11.6 Å². The number of carbonyl (C=O) groups is 1. The van der Waals surface area contributed by atoms with E-state index in [1.54, 1.807) is 0 Å². The lowest BCUT2D eigenvalue weighted by molar-refractivity contribution is -0.138. The first-order valence-electron chi connectivity index (χ1n) is 4.49. The highest BCUT2D eigenvalue weighted by Crippen LogP contribution is 2.08. The molecular weight excluding hydrogens is 152 g/mol. The Balaban J connectivity index is 4.23. The molecule has 0 aliphatic rings. The Kier molecular flexibility index (Phi) is 5.43. The molecule has 0 fully saturated rings. The summed E-state index contributed by atoms with van der Waals surface area (Å²) in [7, 11) is 0. The molecule has 0 amide bonds. The molecule has 0 saturated carbocycles. The molecule has 0 aromatic heterocycles. The van der Waals surface area contributed by atoms with Crippen LogP contribution in [0.2, 0.25) is 0 Å². The average Bonchev–Trinajstić information content (AvgIpc) is 2.00. The molecule has 0 rings (SSSR count). The maximum Gasteiger partial charge on any atom is 0.333 e. The lowest BCUT2D eigenvalue weighted by Crippen LogP contribution is -2.07. The number of carbonyl (C=O) groups excluding carboxylic acids is 1. The summed E-state index contributed by atoms with van der Waals surface area (Å²) in [6.07, 6.45) is 2.70. The number of allylic oxidation sites excluding steroid dienone is 1. The third-order valence-electron chi connectivity index (χ3n) is 1.45. The molecular formula is C10H18O2. The fourth-order valence-electron chi connectivity index (χ4n) is 0.956. The van der Waals surface area contributed by atoms with Gasteiger partial charge in [-0.1, -0.05) is 26.8 Å². The highest BCUT2D eigenvalue weighted by molar-refractivity contribution is 5.88. The van der Waals surface area contributed by atoms with Gasteiger partial charge in [0.1, 0.15) is 0 Å². The maximum atomic E-state index is 11.2. The van der Waals surface area contributed by atoms with Gasteiger partial charge in [0.2, 0.25) is 0 Å². The van der Waals surface area contributed by atoms with Crippen LogP contribution in [-0.4, -0.2) is 12.6 Å². The number of hydrogen-bond acceptors (Lipinski definition) is 2. The predicted octanol–water partition coefficient (Wildman–Crippen LogP) is 2.54. The maximum absolute atomic E-state index is 11.2. The number of rotatable bonds is 4. The lowest BCUT2D eigenvalue weighted by Gasteiger charge is -2.05. The van der Waals surface area contributed by atoms with E-state index in [0.717, 1.165) is 12.0 Å². The van der Waals surface area contributed by atoms with Gasteiger partial charge in [-0.05, 0) is 19.3 Å². The monoisotopic (exact) mass is 170 g/mol. The summed E-state index contributed by atoms with van der Waals surface area (Å²) in [5, 5.41) is 0. The van der Waals surface area contributed by atoms with Gasteiger partial charge in [0, 0.05) is 5.57 Å². The molecule has 12 heavy (non-hydrogen) atoms. The molecule has 0 aliphatic heterocycles. The van der Waals surface area contributed by atoms with E-state index in [1.807, 2.05) is 19.9 Å². The highest BCUT2D eigenvalue weighted by atomic mass is 16.5. The second kappa shape index (κ2) is 5.81. The van der Waals surface area contributed by atoms with Crippen LogP contribution in [0.1, 0.15) is 34.1 Å². The Morgan fingerprint density at radius 1 is 1.42 bits per heavy atom. The van der Waals surface area contributed by atoms with Gasteiger partial charge < -0.3 is 4.74 Å². The molecule has 0 bridgehead atoms. The van der Waals surface area contributed by atoms with Gasteiger partial charge >= 0.3 is 5.97 Å². The predicted molar refractivity (Wildman–Crippen MR) is 49.8 cm³/mol. The van der Waals surface area contributed by atoms with Crippen LogP contribution < -0.4 is 0 Å². The van der Waals surface area contributed by atoms with E-state index in [2.05, 4.69) is 13.8 Å². The van der Waals surface area contributed by atoms with Gasteiger partial charge in [0.25, 0.3) is 0 Å². The molecule has 0 aromatic rings. The van der Waals surface area contributed by atoms with E-state index < -0.39 is 0 Å². The van der Waals surface area contributed by atoms with E-state index in [0.29, 0.717) is 12.5 Å². The van der Waals surface area contributed by atoms with E-state index in [1.165, 1.54) is 0 Å². The van der Waals surface area contributed by atoms with Crippen molar-refractivity contribution >= 4 is 5.97 Å². The minimum atomic E-state index is -0.172. The fourth-order valence-corrected chi connectivity index (χ4v) is 0.956. The topological polar surface area (TPSA) is 26.3 Å². The van der Waals surface area contributed by atoms with Gasteiger partial charge in [0.15, 0.2) is 0 Å². The normalized spacial score (nSPS) is 11.9. The Bertz CT molecular complexity index is 169. The van der Waals surface area contributed by atoms with Crippen LogP contribution >= 0.6 is 0 Å². The molecule has 0 radical (unpaired) electrons. The summed E-state index contributed by atoms with van der Waals surface area (Å²) in [6, 6.07) is 0. The third-order valence-corrected chi connectivity index (χ3v) is 1.45. The third kappa shape index (κ3) is 4.16. The minimum absolute atomic E-state index is 0.172. The van der Waals surface area contributed by atoms with Crippen LogP contribution in [0.5, 0.6) is 0 Å². The second-order valence-electron chi connectivity index (χ2n) is 3.01. The summed E-state index contributed by atoms with van der Waals surface area (Å²) >= 11 is 0. The van der Waals surface area contributed by atoms with Gasteiger partial charge in [-0.15, -0.1) is 0 Å². The molecule has 0 heterocycles. The van der Waals surface area contributed by atoms with E-state index >= 15 is 0 Å². The zero-order valence-electron chi connectivity index (χ0n) is 8.39. The zero-order valence-corrected chi connectivity index (χ0v) is 8.39. The molecule has 0 atom stereocenters. The van der Waals surface area contributed by atoms with Crippen molar-refractivity contribution in [2.45, 2.75) is 34.1 Å². The summed E-state index contributed by atoms with van der Waals surface area (Å²) in [5.74, 6) is 0.234. The van der Waals surface area contributed by atoms with Gasteiger partial charge in [-0.3, -0.25) is 0 Å². The Morgan fingerprint density at radius 3 is 2.33 bits per heavy atom. The summed E-state index contributed by atoms with van der Waals surface area (Å²) < 4.78 is 4.89. The van der Waals surface area contributed by atoms with Crippen molar-refractivity contribution in [1.82, 2.24) is 0 Å². The van der Waals surface area contributed by atoms with Crippen molar-refractivity contribution in [3.8, 4) is 0 Å². The van der Waals surface area contributed by atoms with Crippen LogP contribution in [0.15, 0.2) is 11.6 Å². The van der Waals surface area contributed by atoms with E-state index in [4.69, 9.17) is 4.74 Å².